The first-order chi connectivity index (χ1) is 12.4. The largest absolute Gasteiger partial charge is 0.337 e. The Morgan fingerprint density at radius 1 is 1.04 bits per heavy atom. The molecule has 0 spiro atoms. The molecule has 0 bridgehead atoms. The van der Waals surface area contributed by atoms with E-state index >= 15 is 0 Å². The number of nitrogens with zero attached hydrogens (tertiary/aromatic N) is 3. The van der Waals surface area contributed by atoms with Crippen molar-refractivity contribution in [2.75, 3.05) is 32.4 Å². The third-order valence-corrected chi connectivity index (χ3v) is 5.98. The number of rotatable bonds is 3. The fraction of sp³-hybridized carbons (Fsp3) is 0.368. The van der Waals surface area contributed by atoms with E-state index in [0.29, 0.717) is 38.2 Å². The SMILES string of the molecule is Cc1cnccc1-c1ccc(C(=O)N2CCCN(S(C)(=O)=O)CC2)cc1. The van der Waals surface area contributed by atoms with Crippen LogP contribution in [-0.4, -0.2) is 60.9 Å². The van der Waals surface area contributed by atoms with E-state index in [1.807, 2.05) is 43.5 Å². The van der Waals surface area contributed by atoms with Gasteiger partial charge in [0.15, 0.2) is 0 Å². The number of pyridine rings is 1. The van der Waals surface area contributed by atoms with Crippen molar-refractivity contribution in [3.8, 4) is 11.1 Å². The Morgan fingerprint density at radius 2 is 1.77 bits per heavy atom. The summed E-state index contributed by atoms with van der Waals surface area (Å²) in [6.45, 7) is 3.79. The lowest BCUT2D eigenvalue weighted by Gasteiger charge is -2.21. The van der Waals surface area contributed by atoms with E-state index in [1.54, 1.807) is 11.1 Å². The van der Waals surface area contributed by atoms with E-state index in [4.69, 9.17) is 0 Å². The van der Waals surface area contributed by atoms with Crippen LogP contribution in [0.15, 0.2) is 42.7 Å². The molecular formula is C19H23N3O3S. The summed E-state index contributed by atoms with van der Waals surface area (Å²) in [6, 6.07) is 9.50. The summed E-state index contributed by atoms with van der Waals surface area (Å²) in [5, 5.41) is 0. The number of hydrogen-bond donors (Lipinski definition) is 0. The lowest BCUT2D eigenvalue weighted by Crippen LogP contribution is -2.36. The van der Waals surface area contributed by atoms with Gasteiger partial charge in [0.1, 0.15) is 0 Å². The van der Waals surface area contributed by atoms with Gasteiger partial charge in [-0.25, -0.2) is 12.7 Å². The van der Waals surface area contributed by atoms with Crippen molar-refractivity contribution in [1.82, 2.24) is 14.2 Å². The van der Waals surface area contributed by atoms with Gasteiger partial charge in [-0.05, 0) is 48.2 Å². The Bertz CT molecular complexity index is 895. The van der Waals surface area contributed by atoms with Crippen molar-refractivity contribution in [2.24, 2.45) is 0 Å². The Balaban J connectivity index is 1.73. The van der Waals surface area contributed by atoms with E-state index in [0.717, 1.165) is 16.7 Å². The second kappa shape index (κ2) is 7.55. The lowest BCUT2D eigenvalue weighted by atomic mass is 10.0. The van der Waals surface area contributed by atoms with Crippen molar-refractivity contribution < 1.29 is 13.2 Å². The highest BCUT2D eigenvalue weighted by Gasteiger charge is 2.24. The van der Waals surface area contributed by atoms with Crippen LogP contribution in [0.25, 0.3) is 11.1 Å². The fourth-order valence-electron chi connectivity index (χ4n) is 3.20. The minimum atomic E-state index is -3.21. The summed E-state index contributed by atoms with van der Waals surface area (Å²) in [6.07, 6.45) is 5.43. The Kier molecular flexibility index (Phi) is 5.38. The van der Waals surface area contributed by atoms with Gasteiger partial charge < -0.3 is 4.90 Å². The molecule has 6 nitrogen and oxygen atoms in total. The normalized spacial score (nSPS) is 16.3. The Labute approximate surface area is 154 Å². The van der Waals surface area contributed by atoms with Gasteiger partial charge in [0.05, 0.1) is 6.26 Å². The van der Waals surface area contributed by atoms with Gasteiger partial charge in [-0.2, -0.15) is 0 Å². The van der Waals surface area contributed by atoms with E-state index in [9.17, 15) is 13.2 Å². The second-order valence-electron chi connectivity index (χ2n) is 6.58. The van der Waals surface area contributed by atoms with Gasteiger partial charge in [-0.1, -0.05) is 12.1 Å². The summed E-state index contributed by atoms with van der Waals surface area (Å²) in [7, 11) is -3.21. The predicted molar refractivity (Wildman–Crippen MR) is 101 cm³/mol. The first-order valence-electron chi connectivity index (χ1n) is 8.62. The minimum Gasteiger partial charge on any atom is -0.337 e. The summed E-state index contributed by atoms with van der Waals surface area (Å²) in [4.78, 5) is 18.6. The molecule has 1 saturated heterocycles. The molecule has 1 aliphatic rings. The van der Waals surface area contributed by atoms with Gasteiger partial charge >= 0.3 is 0 Å². The van der Waals surface area contributed by atoms with Gasteiger partial charge in [-0.15, -0.1) is 0 Å². The topological polar surface area (TPSA) is 70.6 Å². The van der Waals surface area contributed by atoms with Crippen LogP contribution in [0.5, 0.6) is 0 Å². The zero-order chi connectivity index (χ0) is 18.7. The average molecular weight is 373 g/mol. The van der Waals surface area contributed by atoms with Crippen molar-refractivity contribution in [1.29, 1.82) is 0 Å². The first-order valence-corrected chi connectivity index (χ1v) is 10.5. The molecule has 0 N–H and O–H groups in total. The van der Waals surface area contributed by atoms with Crippen molar-refractivity contribution in [3.63, 3.8) is 0 Å². The molecule has 138 valence electrons. The standard InChI is InChI=1S/C19H23N3O3S/c1-15-14-20-9-8-18(15)16-4-6-17(7-5-16)19(23)21-10-3-11-22(13-12-21)26(2,24)25/h4-9,14H,3,10-13H2,1-2H3. The number of hydrogen-bond acceptors (Lipinski definition) is 4. The maximum absolute atomic E-state index is 12.8. The van der Waals surface area contributed by atoms with E-state index in [1.165, 1.54) is 10.6 Å². The van der Waals surface area contributed by atoms with Crippen LogP contribution >= 0.6 is 0 Å². The maximum atomic E-state index is 12.8. The predicted octanol–water partition coefficient (Wildman–Crippen LogP) is 2.16. The molecule has 2 aromatic rings. The Morgan fingerprint density at radius 3 is 2.42 bits per heavy atom. The molecule has 1 amide bonds. The smallest absolute Gasteiger partial charge is 0.253 e. The van der Waals surface area contributed by atoms with Crippen LogP contribution < -0.4 is 0 Å². The number of amides is 1. The van der Waals surface area contributed by atoms with Crippen LogP contribution in [0.3, 0.4) is 0 Å². The monoisotopic (exact) mass is 373 g/mol. The van der Waals surface area contributed by atoms with Crippen molar-refractivity contribution in [3.05, 3.63) is 53.9 Å². The molecule has 0 unspecified atom stereocenters. The summed E-state index contributed by atoms with van der Waals surface area (Å²) >= 11 is 0. The second-order valence-corrected chi connectivity index (χ2v) is 8.56. The van der Waals surface area contributed by atoms with Crippen LogP contribution in [-0.2, 0) is 10.0 Å². The van der Waals surface area contributed by atoms with E-state index < -0.39 is 10.0 Å². The third kappa shape index (κ3) is 4.11. The highest BCUT2D eigenvalue weighted by Crippen LogP contribution is 2.23. The molecular weight excluding hydrogens is 350 g/mol. The fourth-order valence-corrected chi connectivity index (χ4v) is 4.07. The average Bonchev–Trinajstić information content (AvgIpc) is 2.88. The number of carbonyl (C=O) groups is 1. The minimum absolute atomic E-state index is 0.0571. The van der Waals surface area contributed by atoms with Crippen LogP contribution in [0.2, 0.25) is 0 Å². The summed E-state index contributed by atoms with van der Waals surface area (Å²) in [5.74, 6) is -0.0571. The molecule has 3 rings (SSSR count). The molecule has 26 heavy (non-hydrogen) atoms. The summed E-state index contributed by atoms with van der Waals surface area (Å²) in [5.41, 5.74) is 3.84. The molecule has 1 fully saturated rings. The third-order valence-electron chi connectivity index (χ3n) is 4.67. The number of carbonyl (C=O) groups excluding carboxylic acids is 1. The maximum Gasteiger partial charge on any atom is 0.253 e. The molecule has 1 aromatic heterocycles. The Hall–Kier alpha value is -2.25. The highest BCUT2D eigenvalue weighted by molar-refractivity contribution is 7.88. The summed E-state index contributed by atoms with van der Waals surface area (Å²) < 4.78 is 24.8. The van der Waals surface area contributed by atoms with E-state index in [2.05, 4.69) is 4.98 Å². The van der Waals surface area contributed by atoms with E-state index in [-0.39, 0.29) is 5.91 Å². The molecule has 0 atom stereocenters. The zero-order valence-corrected chi connectivity index (χ0v) is 15.9. The number of benzene rings is 1. The molecule has 7 heteroatoms. The highest BCUT2D eigenvalue weighted by atomic mass is 32.2. The first kappa shape index (κ1) is 18.5. The van der Waals surface area contributed by atoms with Gasteiger partial charge in [0.25, 0.3) is 5.91 Å². The number of aromatic nitrogens is 1. The van der Waals surface area contributed by atoms with Gasteiger partial charge in [0.2, 0.25) is 10.0 Å². The molecule has 2 heterocycles. The molecule has 0 saturated carbocycles. The molecule has 0 radical (unpaired) electrons. The molecule has 1 aromatic carbocycles. The molecule has 1 aliphatic heterocycles. The number of sulfonamides is 1. The van der Waals surface area contributed by atoms with Gasteiger partial charge in [0, 0.05) is 44.1 Å². The van der Waals surface area contributed by atoms with Crippen LogP contribution in [0.4, 0.5) is 0 Å². The number of aryl methyl sites for hydroxylation is 1. The zero-order valence-electron chi connectivity index (χ0n) is 15.1. The quantitative estimate of drug-likeness (QED) is 0.827. The van der Waals surface area contributed by atoms with Crippen molar-refractivity contribution in [2.45, 2.75) is 13.3 Å². The van der Waals surface area contributed by atoms with Crippen LogP contribution in [0, 0.1) is 6.92 Å². The lowest BCUT2D eigenvalue weighted by molar-refractivity contribution is 0.0764. The van der Waals surface area contributed by atoms with Crippen molar-refractivity contribution >= 4 is 15.9 Å². The van der Waals surface area contributed by atoms with Crippen LogP contribution in [0.1, 0.15) is 22.3 Å². The molecule has 0 aliphatic carbocycles. The van der Waals surface area contributed by atoms with Gasteiger partial charge in [-0.3, -0.25) is 9.78 Å².